The van der Waals surface area contributed by atoms with Crippen LogP contribution in [-0.4, -0.2) is 31.6 Å². The maximum Gasteiger partial charge on any atom is 0.232 e. The minimum Gasteiger partial charge on any atom is -0.507 e. The fourth-order valence-corrected chi connectivity index (χ4v) is 5.61. The number of phenols is 1. The van der Waals surface area contributed by atoms with Gasteiger partial charge in [0.25, 0.3) is 0 Å². The molecule has 0 bridgehead atoms. The molecule has 0 radical (unpaired) electrons. The molecule has 1 heterocycles. The molecule has 1 aromatic carbocycles. The van der Waals surface area contributed by atoms with Crippen molar-refractivity contribution < 1.29 is 5.11 Å². The molecule has 0 fully saturated rings. The van der Waals surface area contributed by atoms with E-state index < -0.39 is 0 Å². The minimum atomic E-state index is -0.195. The van der Waals surface area contributed by atoms with Crippen LogP contribution in [0.25, 0.3) is 0 Å². The third-order valence-electron chi connectivity index (χ3n) is 6.03. The van der Waals surface area contributed by atoms with E-state index in [1.165, 1.54) is 51.4 Å². The highest BCUT2D eigenvalue weighted by atomic mass is 32.2. The first-order valence-electron chi connectivity index (χ1n) is 13.6. The fourth-order valence-electron chi connectivity index (χ4n) is 3.89. The average Bonchev–Trinajstić information content (AvgIpc) is 2.78. The lowest BCUT2D eigenvalue weighted by Gasteiger charge is -2.28. The molecule has 2 N–H and O–H groups in total. The molecular weight excluding hydrogens is 484 g/mol. The quantitative estimate of drug-likeness (QED) is 0.143. The van der Waals surface area contributed by atoms with Crippen molar-refractivity contribution in [3.05, 3.63) is 23.3 Å². The molecule has 0 saturated carbocycles. The number of aromatic hydroxyl groups is 1. The van der Waals surface area contributed by atoms with Crippen molar-refractivity contribution in [1.29, 1.82) is 0 Å². The first kappa shape index (κ1) is 30.8. The maximum atomic E-state index is 11.1. The van der Waals surface area contributed by atoms with Crippen LogP contribution in [0.15, 0.2) is 22.4 Å². The molecule has 7 heteroatoms. The minimum absolute atomic E-state index is 0.195. The van der Waals surface area contributed by atoms with Crippen molar-refractivity contribution in [3.8, 4) is 5.75 Å². The number of aromatic nitrogens is 3. The van der Waals surface area contributed by atoms with Crippen molar-refractivity contribution in [2.75, 3.05) is 16.8 Å². The predicted octanol–water partition coefficient (Wildman–Crippen LogP) is 9.26. The second-order valence-electron chi connectivity index (χ2n) is 11.6. The van der Waals surface area contributed by atoms with Crippen LogP contribution in [0.2, 0.25) is 0 Å². The number of phenolic OH excluding ortho intramolecular Hbond substituents is 1. The normalized spacial score (nSPS) is 12.2. The van der Waals surface area contributed by atoms with E-state index in [-0.39, 0.29) is 10.8 Å². The third kappa shape index (κ3) is 10.1. The summed E-state index contributed by atoms with van der Waals surface area (Å²) in [6.45, 7) is 17.2. The summed E-state index contributed by atoms with van der Waals surface area (Å²) in [6, 6.07) is 4.06. The molecule has 0 aliphatic heterocycles. The molecule has 1 aromatic heterocycles. The van der Waals surface area contributed by atoms with Gasteiger partial charge in [-0.3, -0.25) is 0 Å². The van der Waals surface area contributed by atoms with Gasteiger partial charge in [0, 0.05) is 28.3 Å². The number of anilines is 2. The zero-order valence-corrected chi connectivity index (χ0v) is 25.5. The number of hydrogen-bond acceptors (Lipinski definition) is 7. The van der Waals surface area contributed by atoms with E-state index in [9.17, 15) is 5.11 Å². The number of thioether (sulfide) groups is 2. The van der Waals surface area contributed by atoms with Gasteiger partial charge in [0.2, 0.25) is 5.95 Å². The number of hydrogen-bond donors (Lipinski definition) is 2. The molecule has 0 aliphatic rings. The summed E-state index contributed by atoms with van der Waals surface area (Å²) >= 11 is 3.44. The summed E-state index contributed by atoms with van der Waals surface area (Å²) in [6.07, 6.45) is 9.87. The van der Waals surface area contributed by atoms with Gasteiger partial charge in [-0.15, -0.1) is 0 Å². The van der Waals surface area contributed by atoms with Gasteiger partial charge in [-0.25, -0.2) is 0 Å². The maximum absolute atomic E-state index is 11.1. The Labute approximate surface area is 228 Å². The summed E-state index contributed by atoms with van der Waals surface area (Å²) < 4.78 is 0. The van der Waals surface area contributed by atoms with Gasteiger partial charge in [0.15, 0.2) is 10.3 Å². The summed E-state index contributed by atoms with van der Waals surface area (Å²) in [5, 5.41) is 16.1. The number of rotatable bonds is 14. The van der Waals surface area contributed by atoms with Crippen LogP contribution in [0.4, 0.5) is 11.6 Å². The van der Waals surface area contributed by atoms with Crippen LogP contribution >= 0.6 is 23.5 Å². The Morgan fingerprint density at radius 3 is 1.53 bits per heavy atom. The highest BCUT2D eigenvalue weighted by Gasteiger charge is 2.27. The molecule has 36 heavy (non-hydrogen) atoms. The first-order chi connectivity index (χ1) is 17.0. The lowest BCUT2D eigenvalue weighted by molar-refractivity contribution is 0.423. The second-order valence-corrected chi connectivity index (χ2v) is 13.7. The van der Waals surface area contributed by atoms with Crippen molar-refractivity contribution >= 4 is 35.2 Å². The lowest BCUT2D eigenvalue weighted by Crippen LogP contribution is -2.18. The predicted molar refractivity (Wildman–Crippen MR) is 158 cm³/mol. The molecule has 5 nitrogen and oxygen atoms in total. The van der Waals surface area contributed by atoms with Gasteiger partial charge in [-0.1, -0.05) is 117 Å². The molecule has 0 unspecified atom stereocenters. The van der Waals surface area contributed by atoms with Crippen LogP contribution < -0.4 is 5.32 Å². The molecule has 2 rings (SSSR count). The third-order valence-corrected chi connectivity index (χ3v) is 7.90. The Balaban J connectivity index is 2.33. The van der Waals surface area contributed by atoms with Crippen LogP contribution in [0.3, 0.4) is 0 Å². The number of benzene rings is 1. The summed E-state index contributed by atoms with van der Waals surface area (Å²) in [5.41, 5.74) is 2.34. The van der Waals surface area contributed by atoms with Gasteiger partial charge in [0.1, 0.15) is 5.75 Å². The highest BCUT2D eigenvalue weighted by molar-refractivity contribution is 7.99. The van der Waals surface area contributed by atoms with E-state index in [1.807, 2.05) is 12.1 Å². The second kappa shape index (κ2) is 14.5. The van der Waals surface area contributed by atoms with Crippen LogP contribution in [-0.2, 0) is 10.8 Å². The van der Waals surface area contributed by atoms with Crippen LogP contribution in [0.1, 0.15) is 118 Å². The molecule has 202 valence electrons. The first-order valence-corrected chi connectivity index (χ1v) is 15.6. The monoisotopic (exact) mass is 532 g/mol. The van der Waals surface area contributed by atoms with E-state index in [1.54, 1.807) is 23.5 Å². The molecule has 0 aliphatic carbocycles. The van der Waals surface area contributed by atoms with Crippen molar-refractivity contribution in [2.24, 2.45) is 0 Å². The Bertz CT molecular complexity index is 884. The SMILES string of the molecule is CCCCCCSc1nc(Nc2cc(C(C)(C)C)c(O)c(C(C)(C)C)c2)nc(SCCCCCC)n1. The van der Waals surface area contributed by atoms with Crippen molar-refractivity contribution in [3.63, 3.8) is 0 Å². The highest BCUT2D eigenvalue weighted by Crippen LogP contribution is 2.41. The van der Waals surface area contributed by atoms with E-state index in [0.29, 0.717) is 11.7 Å². The molecule has 0 amide bonds. The zero-order chi connectivity index (χ0) is 26.8. The van der Waals surface area contributed by atoms with Crippen molar-refractivity contribution in [1.82, 2.24) is 15.0 Å². The van der Waals surface area contributed by atoms with Gasteiger partial charge in [-0.05, 0) is 35.8 Å². The lowest BCUT2D eigenvalue weighted by atomic mass is 9.79. The molecule has 0 spiro atoms. The number of nitrogens with zero attached hydrogens (tertiary/aromatic N) is 3. The fraction of sp³-hybridized carbons (Fsp3) is 0.690. The van der Waals surface area contributed by atoms with E-state index in [4.69, 9.17) is 15.0 Å². The number of nitrogens with one attached hydrogen (secondary N) is 1. The van der Waals surface area contributed by atoms with E-state index in [0.717, 1.165) is 38.6 Å². The molecular formula is C29H48N4OS2. The Morgan fingerprint density at radius 2 is 1.14 bits per heavy atom. The average molecular weight is 533 g/mol. The molecule has 2 aromatic rings. The number of unbranched alkanes of at least 4 members (excludes halogenated alkanes) is 6. The van der Waals surface area contributed by atoms with Crippen LogP contribution in [0.5, 0.6) is 5.75 Å². The van der Waals surface area contributed by atoms with Gasteiger partial charge >= 0.3 is 0 Å². The van der Waals surface area contributed by atoms with E-state index in [2.05, 4.69) is 60.7 Å². The largest absolute Gasteiger partial charge is 0.507 e. The molecule has 0 atom stereocenters. The van der Waals surface area contributed by atoms with Crippen molar-refractivity contribution in [2.45, 2.75) is 128 Å². The smallest absolute Gasteiger partial charge is 0.232 e. The van der Waals surface area contributed by atoms with Gasteiger partial charge in [0.05, 0.1) is 0 Å². The zero-order valence-electron chi connectivity index (χ0n) is 23.8. The van der Waals surface area contributed by atoms with Crippen LogP contribution in [0, 0.1) is 0 Å². The van der Waals surface area contributed by atoms with Gasteiger partial charge in [-0.2, -0.15) is 15.0 Å². The summed E-state index contributed by atoms with van der Waals surface area (Å²) in [4.78, 5) is 14.3. The summed E-state index contributed by atoms with van der Waals surface area (Å²) in [7, 11) is 0. The van der Waals surface area contributed by atoms with E-state index >= 15 is 0 Å². The Morgan fingerprint density at radius 1 is 0.694 bits per heavy atom. The Kier molecular flexibility index (Phi) is 12.4. The standard InChI is InChI=1S/C29H48N4OS2/c1-9-11-13-15-17-35-26-31-25(32-27(33-26)36-18-16-14-12-10-2)30-21-19-22(28(3,4)5)24(34)23(20-21)29(6,7)8/h19-20,34H,9-18H2,1-8H3,(H,30,31,32,33). The topological polar surface area (TPSA) is 70.9 Å². The summed E-state index contributed by atoms with van der Waals surface area (Å²) in [5.74, 6) is 2.99. The van der Waals surface area contributed by atoms with Gasteiger partial charge < -0.3 is 10.4 Å². The molecule has 0 saturated heterocycles. The Hall–Kier alpha value is -1.47.